The largest absolute Gasteiger partial charge is 0.330 e. The van der Waals surface area contributed by atoms with Crippen molar-refractivity contribution in [1.29, 1.82) is 0 Å². The quantitative estimate of drug-likeness (QED) is 0.710. The minimum Gasteiger partial charge on any atom is -0.330 e. The normalized spacial score (nSPS) is 32.2. The van der Waals surface area contributed by atoms with Crippen molar-refractivity contribution in [1.82, 2.24) is 4.90 Å². The van der Waals surface area contributed by atoms with E-state index in [4.69, 9.17) is 5.73 Å². The van der Waals surface area contributed by atoms with Gasteiger partial charge < -0.3 is 5.73 Å². The zero-order valence-corrected chi connectivity index (χ0v) is 8.35. The van der Waals surface area contributed by atoms with Crippen LogP contribution in [0.2, 0.25) is 0 Å². The molecule has 2 aliphatic rings. The van der Waals surface area contributed by atoms with Crippen molar-refractivity contribution in [3.8, 4) is 0 Å². The van der Waals surface area contributed by atoms with Crippen LogP contribution in [-0.4, -0.2) is 41.6 Å². The molecular weight excluding hydrogens is 168 g/mol. The van der Waals surface area contributed by atoms with E-state index in [1.807, 2.05) is 0 Å². The van der Waals surface area contributed by atoms with Gasteiger partial charge in [-0.25, -0.2) is 0 Å². The smallest absolute Gasteiger partial charge is 0.0187 e. The van der Waals surface area contributed by atoms with Gasteiger partial charge in [-0.05, 0) is 25.8 Å². The Bertz CT molecular complexity index is 145. The zero-order chi connectivity index (χ0) is 8.39. The van der Waals surface area contributed by atoms with Gasteiger partial charge in [0.05, 0.1) is 0 Å². The first kappa shape index (κ1) is 8.85. The van der Waals surface area contributed by atoms with Gasteiger partial charge in [-0.1, -0.05) is 0 Å². The van der Waals surface area contributed by atoms with Gasteiger partial charge in [-0.15, -0.1) is 0 Å². The Morgan fingerprint density at radius 1 is 1.42 bits per heavy atom. The van der Waals surface area contributed by atoms with Crippen LogP contribution in [-0.2, 0) is 0 Å². The van der Waals surface area contributed by atoms with Crippen molar-refractivity contribution in [2.24, 2.45) is 5.73 Å². The third-order valence-corrected chi connectivity index (χ3v) is 4.00. The van der Waals surface area contributed by atoms with Crippen LogP contribution in [0, 0.1) is 0 Å². The molecule has 1 saturated heterocycles. The van der Waals surface area contributed by atoms with E-state index in [0.717, 1.165) is 17.8 Å². The summed E-state index contributed by atoms with van der Waals surface area (Å²) < 4.78 is 0. The number of hydrogen-bond donors (Lipinski definition) is 1. The second-order valence-corrected chi connectivity index (χ2v) is 5.20. The molecule has 0 bridgehead atoms. The number of hydrogen-bond acceptors (Lipinski definition) is 3. The molecule has 3 heteroatoms. The molecule has 0 aromatic heterocycles. The van der Waals surface area contributed by atoms with Crippen LogP contribution in [0.5, 0.6) is 0 Å². The summed E-state index contributed by atoms with van der Waals surface area (Å²) in [5.41, 5.74) is 5.56. The topological polar surface area (TPSA) is 29.3 Å². The first-order valence-corrected chi connectivity index (χ1v) is 6.01. The van der Waals surface area contributed by atoms with E-state index < -0.39 is 0 Å². The number of nitrogens with zero attached hydrogens (tertiary/aromatic N) is 1. The molecule has 1 saturated carbocycles. The van der Waals surface area contributed by atoms with E-state index in [-0.39, 0.29) is 0 Å². The summed E-state index contributed by atoms with van der Waals surface area (Å²) in [5, 5.41) is 0.823. The molecule has 2 N–H and O–H groups in total. The molecule has 1 heterocycles. The van der Waals surface area contributed by atoms with E-state index in [9.17, 15) is 0 Å². The van der Waals surface area contributed by atoms with Crippen LogP contribution in [0.3, 0.4) is 0 Å². The average Bonchev–Trinajstić information content (AvgIpc) is 2.88. The molecule has 2 fully saturated rings. The highest BCUT2D eigenvalue weighted by molar-refractivity contribution is 8.00. The second kappa shape index (κ2) is 3.99. The van der Waals surface area contributed by atoms with Gasteiger partial charge in [-0.2, -0.15) is 11.8 Å². The Labute approximate surface area is 78.9 Å². The second-order valence-electron chi connectivity index (χ2n) is 3.80. The van der Waals surface area contributed by atoms with Crippen LogP contribution in [0.25, 0.3) is 0 Å². The maximum Gasteiger partial charge on any atom is 0.0187 e. The Morgan fingerprint density at radius 3 is 2.92 bits per heavy atom. The standard InChI is InChI=1S/C9H18N2S/c10-4-3-9-7-11(5-6-12-9)8-1-2-8/h8-9H,1-7,10H2. The lowest BCUT2D eigenvalue weighted by Crippen LogP contribution is -2.39. The van der Waals surface area contributed by atoms with E-state index in [2.05, 4.69) is 16.7 Å². The van der Waals surface area contributed by atoms with Crippen LogP contribution in [0.1, 0.15) is 19.3 Å². The van der Waals surface area contributed by atoms with Crippen LogP contribution in [0.15, 0.2) is 0 Å². The van der Waals surface area contributed by atoms with Crippen LogP contribution >= 0.6 is 11.8 Å². The SMILES string of the molecule is NCCC1CN(C2CC2)CCS1. The van der Waals surface area contributed by atoms with E-state index in [1.165, 1.54) is 38.1 Å². The summed E-state index contributed by atoms with van der Waals surface area (Å²) in [7, 11) is 0. The van der Waals surface area contributed by atoms with Crippen LogP contribution < -0.4 is 5.73 Å². The molecule has 1 aliphatic carbocycles. The first-order valence-electron chi connectivity index (χ1n) is 4.96. The zero-order valence-electron chi connectivity index (χ0n) is 7.54. The van der Waals surface area contributed by atoms with Gasteiger partial charge in [0.1, 0.15) is 0 Å². The molecule has 0 spiro atoms. The van der Waals surface area contributed by atoms with Crippen molar-refractivity contribution in [3.63, 3.8) is 0 Å². The van der Waals surface area contributed by atoms with Gasteiger partial charge in [0.15, 0.2) is 0 Å². The molecule has 0 aromatic carbocycles. The first-order chi connectivity index (χ1) is 5.90. The third-order valence-electron chi connectivity index (χ3n) is 2.72. The average molecular weight is 186 g/mol. The van der Waals surface area contributed by atoms with Crippen LogP contribution in [0.4, 0.5) is 0 Å². The van der Waals surface area contributed by atoms with Crippen molar-refractivity contribution in [3.05, 3.63) is 0 Å². The Morgan fingerprint density at radius 2 is 2.25 bits per heavy atom. The molecule has 1 atom stereocenters. The molecule has 2 rings (SSSR count). The van der Waals surface area contributed by atoms with E-state index in [1.54, 1.807) is 0 Å². The summed E-state index contributed by atoms with van der Waals surface area (Å²) in [4.78, 5) is 2.66. The maximum atomic E-state index is 5.56. The molecular formula is C9H18N2S. The Kier molecular flexibility index (Phi) is 2.94. The summed E-state index contributed by atoms with van der Waals surface area (Å²) in [5.74, 6) is 1.32. The summed E-state index contributed by atoms with van der Waals surface area (Å²) in [6.07, 6.45) is 4.09. The highest BCUT2D eigenvalue weighted by Gasteiger charge is 2.32. The lowest BCUT2D eigenvalue weighted by atomic mass is 10.2. The van der Waals surface area contributed by atoms with Gasteiger partial charge >= 0.3 is 0 Å². The molecule has 0 aromatic rings. The number of thioether (sulfide) groups is 1. The minimum absolute atomic E-state index is 0.823. The molecule has 1 unspecified atom stereocenters. The van der Waals surface area contributed by atoms with Crippen molar-refractivity contribution in [2.45, 2.75) is 30.6 Å². The lowest BCUT2D eigenvalue weighted by Gasteiger charge is -2.32. The van der Waals surface area contributed by atoms with Gasteiger partial charge in [-0.3, -0.25) is 4.90 Å². The fourth-order valence-corrected chi connectivity index (χ4v) is 3.15. The fraction of sp³-hybridized carbons (Fsp3) is 1.00. The predicted molar refractivity (Wildman–Crippen MR) is 54.5 cm³/mol. The van der Waals surface area contributed by atoms with Gasteiger partial charge in [0, 0.05) is 30.1 Å². The fourth-order valence-electron chi connectivity index (χ4n) is 1.87. The van der Waals surface area contributed by atoms with Crippen molar-refractivity contribution in [2.75, 3.05) is 25.4 Å². The van der Waals surface area contributed by atoms with Gasteiger partial charge in [0.2, 0.25) is 0 Å². The van der Waals surface area contributed by atoms with E-state index >= 15 is 0 Å². The lowest BCUT2D eigenvalue weighted by molar-refractivity contribution is 0.270. The molecule has 12 heavy (non-hydrogen) atoms. The molecule has 0 radical (unpaired) electrons. The monoisotopic (exact) mass is 186 g/mol. The number of nitrogens with two attached hydrogens (primary N) is 1. The molecule has 0 amide bonds. The maximum absolute atomic E-state index is 5.56. The van der Waals surface area contributed by atoms with Gasteiger partial charge in [0.25, 0.3) is 0 Å². The third kappa shape index (κ3) is 2.15. The highest BCUT2D eigenvalue weighted by Crippen LogP contribution is 2.31. The summed E-state index contributed by atoms with van der Waals surface area (Å²) >= 11 is 2.12. The number of rotatable bonds is 3. The van der Waals surface area contributed by atoms with E-state index in [0.29, 0.717) is 0 Å². The summed E-state index contributed by atoms with van der Waals surface area (Å²) in [6.45, 7) is 3.47. The summed E-state index contributed by atoms with van der Waals surface area (Å²) in [6, 6.07) is 0.950. The highest BCUT2D eigenvalue weighted by atomic mass is 32.2. The minimum atomic E-state index is 0.823. The Hall–Kier alpha value is 0.270. The Balaban J connectivity index is 1.77. The molecule has 1 aliphatic heterocycles. The molecule has 70 valence electrons. The van der Waals surface area contributed by atoms with Crippen molar-refractivity contribution >= 4 is 11.8 Å². The predicted octanol–water partition coefficient (Wildman–Crippen LogP) is 0.915. The van der Waals surface area contributed by atoms with Crippen molar-refractivity contribution < 1.29 is 0 Å². The molecule has 2 nitrogen and oxygen atoms in total.